The molecule has 126 valence electrons. The minimum atomic E-state index is -0.897. The third kappa shape index (κ3) is 4.01. The molecular weight excluding hydrogens is 336 g/mol. The molecule has 1 unspecified atom stereocenters. The van der Waals surface area contributed by atoms with Crippen molar-refractivity contribution in [1.29, 1.82) is 0 Å². The standard InChI is InChI=1S/C21H17ClO3/c1-24-16-11-13-17(14-12-16)25-20(21(22)23)19-10-6-5-9-18(19)15-7-3-2-4-8-15/h2-14,20H,1H3. The van der Waals surface area contributed by atoms with Crippen LogP contribution in [0.2, 0.25) is 0 Å². The number of methoxy groups -OCH3 is 1. The van der Waals surface area contributed by atoms with E-state index in [2.05, 4.69) is 0 Å². The normalized spacial score (nSPS) is 11.6. The highest BCUT2D eigenvalue weighted by Gasteiger charge is 2.24. The van der Waals surface area contributed by atoms with Gasteiger partial charge in [0.2, 0.25) is 0 Å². The Kier molecular flexibility index (Phi) is 5.36. The van der Waals surface area contributed by atoms with E-state index in [1.54, 1.807) is 31.4 Å². The Balaban J connectivity index is 1.97. The Morgan fingerprint density at radius 2 is 1.44 bits per heavy atom. The van der Waals surface area contributed by atoms with Crippen molar-refractivity contribution in [2.45, 2.75) is 6.10 Å². The molecule has 0 bridgehead atoms. The van der Waals surface area contributed by atoms with Crippen LogP contribution in [0.5, 0.6) is 11.5 Å². The van der Waals surface area contributed by atoms with Crippen molar-refractivity contribution in [3.05, 3.63) is 84.4 Å². The molecule has 3 nitrogen and oxygen atoms in total. The lowest BCUT2D eigenvalue weighted by Crippen LogP contribution is -2.15. The number of carbonyl (C=O) groups is 1. The van der Waals surface area contributed by atoms with Gasteiger partial charge < -0.3 is 9.47 Å². The van der Waals surface area contributed by atoms with Crippen molar-refractivity contribution in [2.24, 2.45) is 0 Å². The molecule has 0 fully saturated rings. The van der Waals surface area contributed by atoms with E-state index in [0.29, 0.717) is 11.5 Å². The molecule has 0 aliphatic heterocycles. The topological polar surface area (TPSA) is 35.5 Å². The second kappa shape index (κ2) is 7.86. The maximum absolute atomic E-state index is 12.1. The lowest BCUT2D eigenvalue weighted by atomic mass is 9.96. The quantitative estimate of drug-likeness (QED) is 0.568. The Labute approximate surface area is 151 Å². The Morgan fingerprint density at radius 1 is 0.840 bits per heavy atom. The molecule has 0 N–H and O–H groups in total. The first-order valence-electron chi connectivity index (χ1n) is 7.83. The zero-order chi connectivity index (χ0) is 17.6. The first-order chi connectivity index (χ1) is 12.2. The van der Waals surface area contributed by atoms with Crippen molar-refractivity contribution >= 4 is 16.8 Å². The summed E-state index contributed by atoms with van der Waals surface area (Å²) in [6, 6.07) is 24.5. The van der Waals surface area contributed by atoms with Crippen molar-refractivity contribution in [1.82, 2.24) is 0 Å². The largest absolute Gasteiger partial charge is 0.497 e. The van der Waals surface area contributed by atoms with Crippen LogP contribution in [0.3, 0.4) is 0 Å². The zero-order valence-corrected chi connectivity index (χ0v) is 14.4. The van der Waals surface area contributed by atoms with Gasteiger partial charge in [-0.25, -0.2) is 0 Å². The number of halogens is 1. The molecule has 0 aliphatic carbocycles. The summed E-state index contributed by atoms with van der Waals surface area (Å²) in [5.74, 6) is 1.26. The van der Waals surface area contributed by atoms with Crippen molar-refractivity contribution in [3.63, 3.8) is 0 Å². The first kappa shape index (κ1) is 17.1. The fourth-order valence-electron chi connectivity index (χ4n) is 2.63. The molecule has 0 radical (unpaired) electrons. The molecule has 0 aliphatic rings. The highest BCUT2D eigenvalue weighted by molar-refractivity contribution is 6.64. The average Bonchev–Trinajstić information content (AvgIpc) is 2.67. The summed E-state index contributed by atoms with van der Waals surface area (Å²) in [5.41, 5.74) is 2.64. The number of hydrogen-bond donors (Lipinski definition) is 0. The molecule has 1 atom stereocenters. The third-order valence-corrected chi connectivity index (χ3v) is 4.05. The van der Waals surface area contributed by atoms with E-state index in [9.17, 15) is 4.79 Å². The van der Waals surface area contributed by atoms with Crippen LogP contribution in [0, 0.1) is 0 Å². The van der Waals surface area contributed by atoms with Gasteiger partial charge in [-0.3, -0.25) is 4.79 Å². The molecule has 3 aromatic rings. The van der Waals surface area contributed by atoms with Gasteiger partial charge in [0.25, 0.3) is 5.24 Å². The van der Waals surface area contributed by atoms with Gasteiger partial charge in [0, 0.05) is 5.56 Å². The SMILES string of the molecule is COc1ccc(OC(C(=O)Cl)c2ccccc2-c2ccccc2)cc1. The van der Waals surface area contributed by atoms with E-state index in [1.807, 2.05) is 54.6 Å². The van der Waals surface area contributed by atoms with Crippen LogP contribution in [0.15, 0.2) is 78.9 Å². The van der Waals surface area contributed by atoms with Crippen LogP contribution in [0.4, 0.5) is 0 Å². The predicted molar refractivity (Wildman–Crippen MR) is 99.1 cm³/mol. The summed E-state index contributed by atoms with van der Waals surface area (Å²) in [5, 5.41) is -0.570. The van der Waals surface area contributed by atoms with Crippen LogP contribution in [-0.2, 0) is 4.79 Å². The summed E-state index contributed by atoms with van der Waals surface area (Å²) < 4.78 is 11.0. The van der Waals surface area contributed by atoms with Gasteiger partial charge >= 0.3 is 0 Å². The Morgan fingerprint density at radius 3 is 2.08 bits per heavy atom. The van der Waals surface area contributed by atoms with Crippen molar-refractivity contribution < 1.29 is 14.3 Å². The van der Waals surface area contributed by atoms with E-state index < -0.39 is 11.3 Å². The average molecular weight is 353 g/mol. The van der Waals surface area contributed by atoms with Crippen LogP contribution in [0.1, 0.15) is 11.7 Å². The van der Waals surface area contributed by atoms with Gasteiger partial charge in [-0.15, -0.1) is 0 Å². The lowest BCUT2D eigenvalue weighted by molar-refractivity contribution is -0.118. The van der Waals surface area contributed by atoms with Gasteiger partial charge in [0.05, 0.1) is 7.11 Å². The Hall–Kier alpha value is -2.78. The maximum Gasteiger partial charge on any atom is 0.267 e. The smallest absolute Gasteiger partial charge is 0.267 e. The van der Waals surface area contributed by atoms with E-state index in [1.165, 1.54) is 0 Å². The van der Waals surface area contributed by atoms with E-state index >= 15 is 0 Å². The first-order valence-corrected chi connectivity index (χ1v) is 8.21. The summed E-state index contributed by atoms with van der Waals surface area (Å²) in [6.07, 6.45) is -0.897. The molecule has 0 spiro atoms. The molecule has 3 rings (SSSR count). The molecule has 0 heterocycles. The number of rotatable bonds is 6. The van der Waals surface area contributed by atoms with Crippen molar-refractivity contribution in [2.75, 3.05) is 7.11 Å². The van der Waals surface area contributed by atoms with Gasteiger partial charge in [0.1, 0.15) is 11.5 Å². The highest BCUT2D eigenvalue weighted by Crippen LogP contribution is 2.33. The maximum atomic E-state index is 12.1. The summed E-state index contributed by atoms with van der Waals surface area (Å²) in [7, 11) is 1.59. The minimum Gasteiger partial charge on any atom is -0.497 e. The van der Waals surface area contributed by atoms with E-state index in [0.717, 1.165) is 16.7 Å². The summed E-state index contributed by atoms with van der Waals surface area (Å²) >= 11 is 5.86. The van der Waals surface area contributed by atoms with Crippen LogP contribution in [0.25, 0.3) is 11.1 Å². The fourth-order valence-corrected chi connectivity index (χ4v) is 2.79. The molecule has 3 aromatic carbocycles. The third-order valence-electron chi connectivity index (χ3n) is 3.85. The van der Waals surface area contributed by atoms with Gasteiger partial charge in [-0.2, -0.15) is 0 Å². The number of hydrogen-bond acceptors (Lipinski definition) is 3. The van der Waals surface area contributed by atoms with Crippen LogP contribution in [-0.4, -0.2) is 12.4 Å². The van der Waals surface area contributed by atoms with Crippen molar-refractivity contribution in [3.8, 4) is 22.6 Å². The molecule has 0 amide bonds. The molecule has 0 saturated heterocycles. The molecule has 0 saturated carbocycles. The zero-order valence-electron chi connectivity index (χ0n) is 13.7. The molecule has 0 aromatic heterocycles. The second-order valence-corrected chi connectivity index (χ2v) is 5.80. The lowest BCUT2D eigenvalue weighted by Gasteiger charge is -2.19. The van der Waals surface area contributed by atoms with Gasteiger partial charge in [0.15, 0.2) is 6.10 Å². The van der Waals surface area contributed by atoms with Gasteiger partial charge in [-0.05, 0) is 47.0 Å². The van der Waals surface area contributed by atoms with Crippen LogP contribution >= 0.6 is 11.6 Å². The van der Waals surface area contributed by atoms with Crippen LogP contribution < -0.4 is 9.47 Å². The van der Waals surface area contributed by atoms with Gasteiger partial charge in [-0.1, -0.05) is 54.6 Å². The number of ether oxygens (including phenoxy) is 2. The van der Waals surface area contributed by atoms with E-state index in [-0.39, 0.29) is 0 Å². The number of carbonyl (C=O) groups excluding carboxylic acids is 1. The summed E-state index contributed by atoms with van der Waals surface area (Å²) in [6.45, 7) is 0. The number of benzene rings is 3. The highest BCUT2D eigenvalue weighted by atomic mass is 35.5. The summed E-state index contributed by atoms with van der Waals surface area (Å²) in [4.78, 5) is 12.1. The molecule has 25 heavy (non-hydrogen) atoms. The molecule has 4 heteroatoms. The minimum absolute atomic E-state index is 0.544. The van der Waals surface area contributed by atoms with E-state index in [4.69, 9.17) is 21.1 Å². The predicted octanol–water partition coefficient (Wildman–Crippen LogP) is 5.25. The Bertz CT molecular complexity index is 845. The molecular formula is C21H17ClO3. The monoisotopic (exact) mass is 352 g/mol. The second-order valence-electron chi connectivity index (χ2n) is 5.43. The fraction of sp³-hybridized carbons (Fsp3) is 0.0952.